The van der Waals surface area contributed by atoms with Crippen molar-refractivity contribution in [3.63, 3.8) is 0 Å². The van der Waals surface area contributed by atoms with Crippen LogP contribution in [0.4, 0.5) is 34.1 Å². The minimum atomic E-state index is 1.07. The molecule has 0 aliphatic heterocycles. The first-order valence-corrected chi connectivity index (χ1v) is 18.9. The smallest absolute Gasteiger partial charge is 0.0464 e. The van der Waals surface area contributed by atoms with Crippen LogP contribution in [-0.4, -0.2) is 0 Å². The summed E-state index contributed by atoms with van der Waals surface area (Å²) in [6, 6.07) is 46.6. The summed E-state index contributed by atoms with van der Waals surface area (Å²) in [6.07, 6.45) is 0. The number of rotatable bonds is 9. The zero-order chi connectivity index (χ0) is 38.1. The fourth-order valence-electron chi connectivity index (χ4n) is 8.16. The maximum Gasteiger partial charge on any atom is 0.0464 e. The van der Waals surface area contributed by atoms with Gasteiger partial charge in [-0.3, -0.25) is 0 Å². The van der Waals surface area contributed by atoms with Crippen LogP contribution in [-0.2, 0) is 0 Å². The lowest BCUT2D eigenvalue weighted by Gasteiger charge is -2.21. The first-order chi connectivity index (χ1) is 25.9. The quantitative estimate of drug-likeness (QED) is 0.140. The fraction of sp³-hybridized carbons (Fsp3) is 0.176. The van der Waals surface area contributed by atoms with Crippen molar-refractivity contribution in [2.45, 2.75) is 62.3 Å². The summed E-state index contributed by atoms with van der Waals surface area (Å²) in [5.41, 5.74) is 24.8. The van der Waals surface area contributed by atoms with Gasteiger partial charge in [0, 0.05) is 50.8 Å². The molecular weight excluding hydrogens is 655 g/mol. The second-order valence-corrected chi connectivity index (χ2v) is 15.1. The monoisotopic (exact) mass is 705 g/mol. The van der Waals surface area contributed by atoms with Gasteiger partial charge in [-0.15, -0.1) is 0 Å². The van der Waals surface area contributed by atoms with Crippen LogP contribution in [0.1, 0.15) is 50.1 Å². The van der Waals surface area contributed by atoms with E-state index in [4.69, 9.17) is 0 Å². The Kier molecular flexibility index (Phi) is 10.2. The standard InChI is InChI=1S/C51H51N3/c1-31-22-34(4)49(35(5)23-31)52-46-19-13-10-16-43(46)40-28-41(44-17-11-14-20-47(44)53-50-36(6)24-32(2)25-37(50)7)30-42(29-40)45-18-12-15-21-48(45)54-51-38(8)26-33(3)27-39(51)9/h10-30,52-54H,1-9H3. The van der Waals surface area contributed by atoms with Gasteiger partial charge in [0.25, 0.3) is 0 Å². The molecule has 3 heteroatoms. The van der Waals surface area contributed by atoms with Gasteiger partial charge in [0.05, 0.1) is 0 Å². The lowest BCUT2D eigenvalue weighted by molar-refractivity contribution is 1.31. The van der Waals surface area contributed by atoms with Gasteiger partial charge in [0.15, 0.2) is 0 Å². The molecule has 0 fully saturated rings. The van der Waals surface area contributed by atoms with Crippen molar-refractivity contribution in [3.05, 3.63) is 177 Å². The molecule has 0 amide bonds. The molecule has 0 atom stereocenters. The van der Waals surface area contributed by atoms with Gasteiger partial charge in [-0.2, -0.15) is 0 Å². The van der Waals surface area contributed by atoms with E-state index in [1.54, 1.807) is 0 Å². The number of benzene rings is 7. The molecule has 3 nitrogen and oxygen atoms in total. The van der Waals surface area contributed by atoms with Crippen molar-refractivity contribution in [2.24, 2.45) is 0 Å². The van der Waals surface area contributed by atoms with Crippen LogP contribution in [0.2, 0.25) is 0 Å². The molecule has 0 radical (unpaired) electrons. The third-order valence-electron chi connectivity index (χ3n) is 10.5. The summed E-state index contributed by atoms with van der Waals surface area (Å²) < 4.78 is 0. The molecule has 7 aromatic carbocycles. The molecule has 0 spiro atoms. The van der Waals surface area contributed by atoms with Crippen molar-refractivity contribution in [2.75, 3.05) is 16.0 Å². The fourth-order valence-corrected chi connectivity index (χ4v) is 8.16. The average Bonchev–Trinajstić information content (AvgIpc) is 3.13. The second kappa shape index (κ2) is 15.1. The highest BCUT2D eigenvalue weighted by Gasteiger charge is 2.17. The molecule has 7 rings (SSSR count). The number of para-hydroxylation sites is 3. The third-order valence-corrected chi connectivity index (χ3v) is 10.5. The Morgan fingerprint density at radius 2 is 0.500 bits per heavy atom. The molecule has 0 saturated carbocycles. The lowest BCUT2D eigenvalue weighted by Crippen LogP contribution is -2.01. The molecule has 3 N–H and O–H groups in total. The Balaban J connectivity index is 1.42. The number of aryl methyl sites for hydroxylation is 9. The Morgan fingerprint density at radius 3 is 0.741 bits per heavy atom. The Hall–Kier alpha value is -6.06. The van der Waals surface area contributed by atoms with Gasteiger partial charge < -0.3 is 16.0 Å². The van der Waals surface area contributed by atoms with Gasteiger partial charge in [0.1, 0.15) is 0 Å². The minimum Gasteiger partial charge on any atom is -0.355 e. The molecule has 0 saturated heterocycles. The predicted molar refractivity (Wildman–Crippen MR) is 235 cm³/mol. The molecule has 270 valence electrons. The van der Waals surface area contributed by atoms with Gasteiger partial charge in [-0.25, -0.2) is 0 Å². The molecule has 0 bridgehead atoms. The highest BCUT2D eigenvalue weighted by atomic mass is 14.9. The summed E-state index contributed by atoms with van der Waals surface area (Å²) >= 11 is 0. The zero-order valence-corrected chi connectivity index (χ0v) is 33.1. The van der Waals surface area contributed by atoms with Crippen molar-refractivity contribution in [1.82, 2.24) is 0 Å². The summed E-state index contributed by atoms with van der Waals surface area (Å²) in [5, 5.41) is 11.6. The second-order valence-electron chi connectivity index (χ2n) is 15.1. The molecule has 7 aromatic rings. The van der Waals surface area contributed by atoms with E-state index in [9.17, 15) is 0 Å². The zero-order valence-electron chi connectivity index (χ0n) is 33.1. The normalized spacial score (nSPS) is 11.1. The molecule has 54 heavy (non-hydrogen) atoms. The van der Waals surface area contributed by atoms with E-state index in [0.29, 0.717) is 0 Å². The topological polar surface area (TPSA) is 36.1 Å². The van der Waals surface area contributed by atoms with Gasteiger partial charge in [0.2, 0.25) is 0 Å². The third kappa shape index (κ3) is 7.54. The van der Waals surface area contributed by atoms with Crippen molar-refractivity contribution in [3.8, 4) is 33.4 Å². The first kappa shape index (κ1) is 36.3. The molecular formula is C51H51N3. The molecule has 0 aliphatic rings. The van der Waals surface area contributed by atoms with Crippen LogP contribution in [0.15, 0.2) is 127 Å². The molecule has 0 aliphatic carbocycles. The average molecular weight is 706 g/mol. The predicted octanol–water partition coefficient (Wildman–Crippen LogP) is 14.7. The number of hydrogen-bond donors (Lipinski definition) is 3. The maximum absolute atomic E-state index is 3.85. The van der Waals surface area contributed by atoms with E-state index in [1.807, 2.05) is 0 Å². The molecule has 0 aromatic heterocycles. The van der Waals surface area contributed by atoms with Crippen LogP contribution >= 0.6 is 0 Å². The largest absolute Gasteiger partial charge is 0.355 e. The summed E-state index contributed by atoms with van der Waals surface area (Å²) in [5.74, 6) is 0. The van der Waals surface area contributed by atoms with Crippen LogP contribution < -0.4 is 16.0 Å². The number of hydrogen-bond acceptors (Lipinski definition) is 3. The summed E-state index contributed by atoms with van der Waals surface area (Å²) in [4.78, 5) is 0. The van der Waals surface area contributed by atoms with Crippen LogP contribution in [0.5, 0.6) is 0 Å². The van der Waals surface area contributed by atoms with Crippen LogP contribution in [0.3, 0.4) is 0 Å². The highest BCUT2D eigenvalue weighted by molar-refractivity contribution is 5.93. The highest BCUT2D eigenvalue weighted by Crippen LogP contribution is 2.42. The first-order valence-electron chi connectivity index (χ1n) is 18.9. The number of anilines is 6. The van der Waals surface area contributed by atoms with Crippen LogP contribution in [0.25, 0.3) is 33.4 Å². The SMILES string of the molecule is Cc1cc(C)c(Nc2ccccc2-c2cc(-c3ccccc3Nc3c(C)cc(C)cc3C)cc(-c3ccccc3Nc3c(C)cc(C)cc3C)c2)c(C)c1. The Labute approximate surface area is 322 Å². The Morgan fingerprint density at radius 1 is 0.278 bits per heavy atom. The molecule has 0 heterocycles. The van der Waals surface area contributed by atoms with E-state index in [1.165, 1.54) is 50.1 Å². The van der Waals surface area contributed by atoms with Gasteiger partial charge >= 0.3 is 0 Å². The van der Waals surface area contributed by atoms with Gasteiger partial charge in [-0.05, 0) is 149 Å². The number of nitrogens with one attached hydrogen (secondary N) is 3. The minimum absolute atomic E-state index is 1.07. The lowest BCUT2D eigenvalue weighted by atomic mass is 9.91. The van der Waals surface area contributed by atoms with Crippen LogP contribution in [0, 0.1) is 62.3 Å². The molecule has 0 unspecified atom stereocenters. The van der Waals surface area contributed by atoms with E-state index < -0.39 is 0 Å². The van der Waals surface area contributed by atoms with Gasteiger partial charge in [-0.1, -0.05) is 108 Å². The van der Waals surface area contributed by atoms with E-state index in [-0.39, 0.29) is 0 Å². The van der Waals surface area contributed by atoms with Crippen molar-refractivity contribution >= 4 is 34.1 Å². The van der Waals surface area contributed by atoms with E-state index in [2.05, 4.69) is 206 Å². The maximum atomic E-state index is 3.85. The Bertz CT molecular complexity index is 2160. The van der Waals surface area contributed by atoms with Crippen molar-refractivity contribution < 1.29 is 0 Å². The van der Waals surface area contributed by atoms with E-state index >= 15 is 0 Å². The van der Waals surface area contributed by atoms with Crippen molar-refractivity contribution in [1.29, 1.82) is 0 Å². The summed E-state index contributed by atoms with van der Waals surface area (Å²) in [6.45, 7) is 19.6. The summed E-state index contributed by atoms with van der Waals surface area (Å²) in [7, 11) is 0. The van der Waals surface area contributed by atoms with E-state index in [0.717, 1.165) is 67.5 Å².